The van der Waals surface area contributed by atoms with E-state index in [1.54, 1.807) is 41.0 Å². The maximum Gasteiger partial charge on any atom is 0.416 e. The summed E-state index contributed by atoms with van der Waals surface area (Å²) in [5, 5.41) is 10.0. The summed E-state index contributed by atoms with van der Waals surface area (Å²) in [7, 11) is 0. The van der Waals surface area contributed by atoms with Crippen LogP contribution < -0.4 is 4.74 Å². The van der Waals surface area contributed by atoms with Gasteiger partial charge in [-0.05, 0) is 60.5 Å². The van der Waals surface area contributed by atoms with E-state index in [2.05, 4.69) is 11.0 Å². The van der Waals surface area contributed by atoms with E-state index in [4.69, 9.17) is 38.2 Å². The molecule has 0 spiro atoms. The van der Waals surface area contributed by atoms with E-state index >= 15 is 0 Å². The summed E-state index contributed by atoms with van der Waals surface area (Å²) in [6.07, 6.45) is -4.19. The number of hydrogen-bond donors (Lipinski definition) is 0. The third-order valence-corrected chi connectivity index (χ3v) is 8.23. The van der Waals surface area contributed by atoms with Crippen LogP contribution in [0, 0.1) is 11.3 Å². The highest BCUT2D eigenvalue weighted by atomic mass is 35.5. The molecule has 2 atom stereocenters. The van der Waals surface area contributed by atoms with Crippen LogP contribution in [0.15, 0.2) is 71.7 Å². The number of urea groups is 1. The molecule has 230 valence electrons. The normalized spacial score (nSPS) is 19.1. The van der Waals surface area contributed by atoms with Crippen LogP contribution >= 0.6 is 23.2 Å². The fourth-order valence-electron chi connectivity index (χ4n) is 5.54. The number of halogens is 5. The molecule has 2 aliphatic heterocycles. The van der Waals surface area contributed by atoms with Crippen molar-refractivity contribution in [2.45, 2.75) is 31.6 Å². The van der Waals surface area contributed by atoms with E-state index in [0.29, 0.717) is 49.2 Å². The Kier molecular flexibility index (Phi) is 9.68. The lowest BCUT2D eigenvalue weighted by atomic mass is 9.93. The Bertz CT molecular complexity index is 1550. The van der Waals surface area contributed by atoms with Gasteiger partial charge >= 0.3 is 12.2 Å². The summed E-state index contributed by atoms with van der Waals surface area (Å²) in [4.78, 5) is 25.0. The molecule has 2 amide bonds. The molecule has 3 aromatic rings. The molecule has 1 saturated heterocycles. The summed E-state index contributed by atoms with van der Waals surface area (Å²) >= 11 is 12.4. The van der Waals surface area contributed by atoms with Crippen LogP contribution in [-0.4, -0.2) is 65.9 Å². The molecule has 3 aromatic carbocycles. The van der Waals surface area contributed by atoms with Crippen LogP contribution in [-0.2, 0) is 6.18 Å². The average Bonchev–Trinajstić information content (AvgIpc) is 3.40. The van der Waals surface area contributed by atoms with E-state index in [9.17, 15) is 18.0 Å². The molecule has 0 aliphatic carbocycles. The summed E-state index contributed by atoms with van der Waals surface area (Å²) in [6, 6.07) is 18.0. The molecule has 0 N–H and O–H groups in total. The highest BCUT2D eigenvalue weighted by Crippen LogP contribution is 2.46. The van der Waals surface area contributed by atoms with Gasteiger partial charge in [0.05, 0.1) is 29.8 Å². The Morgan fingerprint density at radius 3 is 2.16 bits per heavy atom. The van der Waals surface area contributed by atoms with E-state index in [1.807, 2.05) is 24.3 Å². The molecule has 7 nitrogen and oxygen atoms in total. The number of hydrogen-bond acceptors (Lipinski definition) is 5. The van der Waals surface area contributed by atoms with Gasteiger partial charge in [-0.15, -0.1) is 0 Å². The lowest BCUT2D eigenvalue weighted by Crippen LogP contribution is -2.54. The van der Waals surface area contributed by atoms with Crippen LogP contribution in [0.3, 0.4) is 0 Å². The van der Waals surface area contributed by atoms with Crippen molar-refractivity contribution >= 4 is 35.1 Å². The smallest absolute Gasteiger partial charge is 0.416 e. The molecule has 0 bridgehead atoms. The standard InChI is InChI=1S/C32H30Cl2F3N5O2/c1-2-44-27-20-23(32(35,36)37)8-13-26(27)30-39-28(21-4-9-24(33)10-5-21)29(22-6-11-25(34)12-7-22)42(30)31(43)41-18-16-40(17-19-41)15-3-14-38/h4-13,20,28-29H,2-3,15-19H2,1H3. The first kappa shape index (κ1) is 31.6. The van der Waals surface area contributed by atoms with Crippen molar-refractivity contribution < 1.29 is 22.7 Å². The summed E-state index contributed by atoms with van der Waals surface area (Å²) in [6.45, 7) is 4.42. The highest BCUT2D eigenvalue weighted by Gasteiger charge is 2.45. The number of amides is 2. The molecule has 2 heterocycles. The van der Waals surface area contributed by atoms with Gasteiger partial charge in [-0.3, -0.25) is 14.8 Å². The maximum atomic E-state index is 14.5. The zero-order valence-corrected chi connectivity index (χ0v) is 25.4. The van der Waals surface area contributed by atoms with Crippen molar-refractivity contribution in [2.24, 2.45) is 4.99 Å². The van der Waals surface area contributed by atoms with Gasteiger partial charge in [0.1, 0.15) is 17.6 Å². The van der Waals surface area contributed by atoms with Gasteiger partial charge in [0.15, 0.2) is 0 Å². The highest BCUT2D eigenvalue weighted by molar-refractivity contribution is 6.30. The zero-order valence-electron chi connectivity index (χ0n) is 23.9. The van der Waals surface area contributed by atoms with Crippen LogP contribution in [0.1, 0.15) is 47.7 Å². The molecule has 2 unspecified atom stereocenters. The minimum absolute atomic E-state index is 0.0215. The number of ether oxygens (including phenoxy) is 1. The van der Waals surface area contributed by atoms with Gasteiger partial charge in [0, 0.05) is 49.2 Å². The van der Waals surface area contributed by atoms with E-state index < -0.39 is 23.8 Å². The summed E-state index contributed by atoms with van der Waals surface area (Å²) in [5.74, 6) is 0.186. The van der Waals surface area contributed by atoms with E-state index in [1.165, 1.54) is 6.07 Å². The lowest BCUT2D eigenvalue weighted by molar-refractivity contribution is -0.137. The minimum atomic E-state index is -4.58. The van der Waals surface area contributed by atoms with Crippen molar-refractivity contribution in [1.82, 2.24) is 14.7 Å². The number of piperazine rings is 1. The minimum Gasteiger partial charge on any atom is -0.493 e. The number of nitriles is 1. The first-order valence-corrected chi connectivity index (χ1v) is 15.0. The Balaban J connectivity index is 1.64. The predicted octanol–water partition coefficient (Wildman–Crippen LogP) is 7.61. The van der Waals surface area contributed by atoms with Gasteiger partial charge in [0.2, 0.25) is 0 Å². The number of carbonyl (C=O) groups is 1. The second kappa shape index (κ2) is 13.5. The van der Waals surface area contributed by atoms with Gasteiger partial charge in [-0.25, -0.2) is 4.79 Å². The Morgan fingerprint density at radius 1 is 0.977 bits per heavy atom. The van der Waals surface area contributed by atoms with Gasteiger partial charge in [-0.2, -0.15) is 18.4 Å². The molecular weight excluding hydrogens is 614 g/mol. The fraction of sp³-hybridized carbons (Fsp3) is 0.344. The molecule has 1 fully saturated rings. The molecule has 0 aromatic heterocycles. The zero-order chi connectivity index (χ0) is 31.4. The first-order chi connectivity index (χ1) is 21.1. The number of benzene rings is 3. The van der Waals surface area contributed by atoms with Crippen molar-refractivity contribution in [3.8, 4) is 11.8 Å². The van der Waals surface area contributed by atoms with Crippen molar-refractivity contribution in [2.75, 3.05) is 39.3 Å². The fourth-order valence-corrected chi connectivity index (χ4v) is 5.79. The predicted molar refractivity (Wildman–Crippen MR) is 163 cm³/mol. The molecule has 0 saturated carbocycles. The van der Waals surface area contributed by atoms with Crippen LogP contribution in [0.5, 0.6) is 5.75 Å². The number of rotatable bonds is 7. The topological polar surface area (TPSA) is 72.2 Å². The largest absolute Gasteiger partial charge is 0.493 e. The molecule has 2 aliphatic rings. The third kappa shape index (κ3) is 6.80. The van der Waals surface area contributed by atoms with Crippen LogP contribution in [0.4, 0.5) is 18.0 Å². The van der Waals surface area contributed by atoms with E-state index in [-0.39, 0.29) is 29.8 Å². The molecular formula is C32H30Cl2F3N5O2. The SMILES string of the molecule is CCOc1cc(C(F)(F)F)ccc1C1=NC(c2ccc(Cl)cc2)C(c2ccc(Cl)cc2)N1C(=O)N1CCN(CCC#N)CC1. The first-order valence-electron chi connectivity index (χ1n) is 14.2. The van der Waals surface area contributed by atoms with Crippen molar-refractivity contribution in [3.63, 3.8) is 0 Å². The molecule has 0 radical (unpaired) electrons. The second-order valence-corrected chi connectivity index (χ2v) is 11.3. The molecule has 44 heavy (non-hydrogen) atoms. The number of carbonyl (C=O) groups excluding carboxylic acids is 1. The summed E-state index contributed by atoms with van der Waals surface area (Å²) < 4.78 is 46.8. The quantitative estimate of drug-likeness (QED) is 0.266. The van der Waals surface area contributed by atoms with Gasteiger partial charge < -0.3 is 9.64 Å². The summed E-state index contributed by atoms with van der Waals surface area (Å²) in [5.41, 5.74) is 0.932. The van der Waals surface area contributed by atoms with Crippen molar-refractivity contribution in [3.05, 3.63) is 99.0 Å². The van der Waals surface area contributed by atoms with Gasteiger partial charge in [0.25, 0.3) is 0 Å². The molecule has 12 heteroatoms. The number of amidine groups is 1. The van der Waals surface area contributed by atoms with Crippen molar-refractivity contribution in [1.29, 1.82) is 5.26 Å². The number of nitrogens with zero attached hydrogens (tertiary/aromatic N) is 5. The second-order valence-electron chi connectivity index (χ2n) is 10.5. The van der Waals surface area contributed by atoms with Gasteiger partial charge in [-0.1, -0.05) is 47.5 Å². The Hall–Kier alpha value is -3.78. The lowest BCUT2D eigenvalue weighted by Gasteiger charge is -2.39. The Morgan fingerprint density at radius 2 is 1.59 bits per heavy atom. The van der Waals surface area contributed by atoms with Crippen LogP contribution in [0.2, 0.25) is 10.0 Å². The maximum absolute atomic E-state index is 14.5. The number of aliphatic imine (C=N–C) groups is 1. The third-order valence-electron chi connectivity index (χ3n) is 7.73. The molecule has 5 rings (SSSR count). The average molecular weight is 645 g/mol. The monoisotopic (exact) mass is 643 g/mol. The Labute approximate surface area is 264 Å². The number of alkyl halides is 3. The van der Waals surface area contributed by atoms with E-state index in [0.717, 1.165) is 23.3 Å². The van der Waals surface area contributed by atoms with Crippen LogP contribution in [0.25, 0.3) is 0 Å².